The second kappa shape index (κ2) is 6.83. The summed E-state index contributed by atoms with van der Waals surface area (Å²) in [5.41, 5.74) is 1.41. The summed E-state index contributed by atoms with van der Waals surface area (Å²) in [6, 6.07) is 7.14. The minimum absolute atomic E-state index is 0.00479. The van der Waals surface area contributed by atoms with E-state index in [9.17, 15) is 18.4 Å². The van der Waals surface area contributed by atoms with Crippen molar-refractivity contribution in [1.29, 1.82) is 0 Å². The van der Waals surface area contributed by atoms with Crippen molar-refractivity contribution in [1.82, 2.24) is 4.98 Å². The van der Waals surface area contributed by atoms with Gasteiger partial charge in [-0.1, -0.05) is 12.1 Å². The largest absolute Gasteiger partial charge is 0.481 e. The molecule has 4 rings (SSSR count). The molecule has 6 nitrogen and oxygen atoms in total. The topological polar surface area (TPSA) is 79.7 Å². The number of hydrogen-bond donors (Lipinski definition) is 1. The van der Waals surface area contributed by atoms with Gasteiger partial charge in [0.1, 0.15) is 22.4 Å². The van der Waals surface area contributed by atoms with E-state index >= 15 is 0 Å². The molecule has 9 heteroatoms. The predicted octanol–water partition coefficient (Wildman–Crippen LogP) is 3.65. The van der Waals surface area contributed by atoms with Gasteiger partial charge in [-0.15, -0.1) is 11.3 Å². The van der Waals surface area contributed by atoms with Crippen molar-refractivity contribution < 1.29 is 28.2 Å². The summed E-state index contributed by atoms with van der Waals surface area (Å²) in [4.78, 5) is 29.6. The highest BCUT2D eigenvalue weighted by Crippen LogP contribution is 2.39. The second-order valence-corrected chi connectivity index (χ2v) is 7.48. The number of rotatable bonds is 4. The molecule has 0 aliphatic carbocycles. The number of anilines is 1. The Balaban J connectivity index is 1.75. The lowest BCUT2D eigenvalue weighted by Crippen LogP contribution is -2.46. The summed E-state index contributed by atoms with van der Waals surface area (Å²) in [5.74, 6) is -2.70. The molecule has 0 saturated heterocycles. The number of aromatic nitrogens is 1. The fourth-order valence-electron chi connectivity index (χ4n) is 3.15. The first kappa shape index (κ1) is 18.3. The third-order valence-electron chi connectivity index (χ3n) is 4.39. The summed E-state index contributed by atoms with van der Waals surface area (Å²) in [6.45, 7) is 1.79. The van der Waals surface area contributed by atoms with E-state index in [1.54, 1.807) is 25.1 Å². The number of ether oxygens (including phenoxy) is 1. The Hall–Kier alpha value is -3.07. The van der Waals surface area contributed by atoms with Crippen LogP contribution in [0.15, 0.2) is 30.3 Å². The van der Waals surface area contributed by atoms with Crippen LogP contribution in [-0.4, -0.2) is 28.1 Å². The van der Waals surface area contributed by atoms with Gasteiger partial charge in [-0.05, 0) is 18.6 Å². The van der Waals surface area contributed by atoms with Crippen LogP contribution >= 0.6 is 11.3 Å². The van der Waals surface area contributed by atoms with Gasteiger partial charge in [-0.3, -0.25) is 14.5 Å². The smallest absolute Gasteiger partial charge is 0.307 e. The number of thiazole rings is 1. The van der Waals surface area contributed by atoms with Crippen molar-refractivity contribution in [3.8, 4) is 5.75 Å². The second-order valence-electron chi connectivity index (χ2n) is 6.40. The molecular weight excluding hydrogens is 390 g/mol. The molecule has 1 amide bonds. The number of amides is 1. The number of hydrogen-bond acceptors (Lipinski definition) is 5. The fraction of sp³-hybridized carbons (Fsp3) is 0.211. The van der Waals surface area contributed by atoms with Crippen LogP contribution in [0.2, 0.25) is 0 Å². The molecule has 28 heavy (non-hydrogen) atoms. The van der Waals surface area contributed by atoms with E-state index in [1.165, 1.54) is 4.90 Å². The maximum atomic E-state index is 14.0. The van der Waals surface area contributed by atoms with Gasteiger partial charge in [-0.2, -0.15) is 0 Å². The van der Waals surface area contributed by atoms with Crippen molar-refractivity contribution in [3.63, 3.8) is 0 Å². The average molecular weight is 404 g/mol. The zero-order valence-corrected chi connectivity index (χ0v) is 15.4. The number of benzene rings is 2. The monoisotopic (exact) mass is 404 g/mol. The molecule has 1 N–H and O–H groups in total. The first-order chi connectivity index (χ1) is 13.3. The Morgan fingerprint density at radius 2 is 2.14 bits per heavy atom. The van der Waals surface area contributed by atoms with E-state index in [2.05, 4.69) is 4.98 Å². The third-order valence-corrected chi connectivity index (χ3v) is 5.45. The van der Waals surface area contributed by atoms with Crippen LogP contribution in [0.1, 0.15) is 17.0 Å². The quantitative estimate of drug-likeness (QED) is 0.718. The standard InChI is InChI=1S/C19H14F2N2O4S/c1-9-3-2-4-13-17(9)27-14(7-16(24)25)19(26)23(13)8-15-22-12-6-10(20)5-11(21)18(12)28-15/h2-6,14H,7-8H2,1H3,(H,24,25). The van der Waals surface area contributed by atoms with Crippen molar-refractivity contribution in [2.24, 2.45) is 0 Å². The predicted molar refractivity (Wildman–Crippen MR) is 98.6 cm³/mol. The average Bonchev–Trinajstić information content (AvgIpc) is 3.02. The van der Waals surface area contributed by atoms with Crippen molar-refractivity contribution in [3.05, 3.63) is 52.5 Å². The minimum atomic E-state index is -1.17. The van der Waals surface area contributed by atoms with Crippen LogP contribution in [0.3, 0.4) is 0 Å². The van der Waals surface area contributed by atoms with Crippen molar-refractivity contribution in [2.45, 2.75) is 26.0 Å². The molecule has 0 spiro atoms. The lowest BCUT2D eigenvalue weighted by Gasteiger charge is -2.34. The van der Waals surface area contributed by atoms with Crippen LogP contribution in [-0.2, 0) is 16.1 Å². The molecule has 1 atom stereocenters. The normalized spacial score (nSPS) is 16.2. The molecule has 2 aromatic carbocycles. The first-order valence-corrected chi connectivity index (χ1v) is 9.19. The lowest BCUT2D eigenvalue weighted by atomic mass is 10.1. The molecule has 144 valence electrons. The Labute approximate surface area is 162 Å². The Kier molecular flexibility index (Phi) is 4.46. The minimum Gasteiger partial charge on any atom is -0.481 e. The number of aliphatic carboxylic acids is 1. The fourth-order valence-corrected chi connectivity index (χ4v) is 4.09. The van der Waals surface area contributed by atoms with Gasteiger partial charge >= 0.3 is 5.97 Å². The van der Waals surface area contributed by atoms with E-state index in [1.807, 2.05) is 0 Å². The zero-order chi connectivity index (χ0) is 20.0. The molecular formula is C19H14F2N2O4S. The number of fused-ring (bicyclic) bond motifs is 2. The Bertz CT molecular complexity index is 1110. The summed E-state index contributed by atoms with van der Waals surface area (Å²) in [6.07, 6.45) is -1.65. The number of halogens is 2. The van der Waals surface area contributed by atoms with E-state index in [-0.39, 0.29) is 16.8 Å². The van der Waals surface area contributed by atoms with E-state index in [0.29, 0.717) is 16.4 Å². The molecule has 0 saturated carbocycles. The van der Waals surface area contributed by atoms with E-state index in [4.69, 9.17) is 9.84 Å². The van der Waals surface area contributed by atoms with Gasteiger partial charge in [-0.25, -0.2) is 13.8 Å². The van der Waals surface area contributed by atoms with Crippen molar-refractivity contribution >= 4 is 39.1 Å². The van der Waals surface area contributed by atoms with Gasteiger partial charge in [0, 0.05) is 12.1 Å². The maximum Gasteiger partial charge on any atom is 0.307 e. The van der Waals surface area contributed by atoms with Gasteiger partial charge in [0.2, 0.25) is 0 Å². The zero-order valence-electron chi connectivity index (χ0n) is 14.6. The molecule has 1 unspecified atom stereocenters. The van der Waals surface area contributed by atoms with E-state index in [0.717, 1.165) is 29.0 Å². The number of carboxylic acid groups (broad SMARTS) is 1. The summed E-state index contributed by atoms with van der Waals surface area (Å²) in [7, 11) is 0. The van der Waals surface area contributed by atoms with Crippen LogP contribution in [0.25, 0.3) is 10.2 Å². The molecule has 1 aromatic heterocycles. The van der Waals surface area contributed by atoms with Crippen LogP contribution in [0.4, 0.5) is 14.5 Å². The number of carbonyl (C=O) groups is 2. The summed E-state index contributed by atoms with van der Waals surface area (Å²) in [5, 5.41) is 9.49. The molecule has 2 heterocycles. The van der Waals surface area contributed by atoms with Gasteiger partial charge < -0.3 is 9.84 Å². The molecule has 0 radical (unpaired) electrons. The SMILES string of the molecule is Cc1cccc2c1OC(CC(=O)O)C(=O)N2Cc1nc2cc(F)cc(F)c2s1. The lowest BCUT2D eigenvalue weighted by molar-refractivity contribution is -0.142. The van der Waals surface area contributed by atoms with Gasteiger partial charge in [0.25, 0.3) is 5.91 Å². The number of para-hydroxylation sites is 1. The highest BCUT2D eigenvalue weighted by atomic mass is 32.1. The molecule has 0 bridgehead atoms. The van der Waals surface area contributed by atoms with Crippen LogP contribution < -0.4 is 9.64 Å². The first-order valence-electron chi connectivity index (χ1n) is 8.37. The number of carbonyl (C=O) groups excluding carboxylic acids is 1. The van der Waals surface area contributed by atoms with Crippen molar-refractivity contribution in [2.75, 3.05) is 4.90 Å². The molecule has 3 aromatic rings. The maximum absolute atomic E-state index is 14.0. The molecule has 0 fully saturated rings. The Morgan fingerprint density at radius 3 is 2.89 bits per heavy atom. The Morgan fingerprint density at radius 1 is 1.36 bits per heavy atom. The van der Waals surface area contributed by atoms with Gasteiger partial charge in [0.05, 0.1) is 28.9 Å². The number of aryl methyl sites for hydroxylation is 1. The number of nitrogens with zero attached hydrogens (tertiary/aromatic N) is 2. The summed E-state index contributed by atoms with van der Waals surface area (Å²) >= 11 is 1.02. The van der Waals surface area contributed by atoms with Gasteiger partial charge in [0.15, 0.2) is 6.10 Å². The van der Waals surface area contributed by atoms with Crippen LogP contribution in [0.5, 0.6) is 5.75 Å². The van der Waals surface area contributed by atoms with E-state index < -0.39 is 36.0 Å². The van der Waals surface area contributed by atoms with Crippen LogP contribution in [0, 0.1) is 18.6 Å². The number of carboxylic acids is 1. The highest BCUT2D eigenvalue weighted by Gasteiger charge is 2.37. The molecule has 1 aliphatic rings. The third kappa shape index (κ3) is 3.18. The summed E-state index contributed by atoms with van der Waals surface area (Å²) < 4.78 is 33.3. The molecule has 1 aliphatic heterocycles. The highest BCUT2D eigenvalue weighted by molar-refractivity contribution is 7.18.